The first kappa shape index (κ1) is 35.1. The van der Waals surface area contributed by atoms with Gasteiger partial charge in [0.05, 0.1) is 27.7 Å². The Hall–Kier alpha value is -5.26. The van der Waals surface area contributed by atoms with Crippen molar-refractivity contribution in [3.63, 3.8) is 0 Å². The molecule has 4 aromatic heterocycles. The smallest absolute Gasteiger partial charge is 0.263 e. The summed E-state index contributed by atoms with van der Waals surface area (Å²) in [6, 6.07) is 19.3. The van der Waals surface area contributed by atoms with Gasteiger partial charge in [-0.1, -0.05) is 11.6 Å². The zero-order chi connectivity index (χ0) is 35.4. The van der Waals surface area contributed by atoms with Crippen molar-refractivity contribution in [1.82, 2.24) is 29.5 Å². The largest absolute Gasteiger partial charge is 0.416 e. The summed E-state index contributed by atoms with van der Waals surface area (Å²) in [5, 5.41) is 8.63. The molecule has 0 fully saturated rings. The van der Waals surface area contributed by atoms with E-state index < -0.39 is 31.8 Å². The molecule has 0 unspecified atom stereocenters. The number of nitrogens with zero attached hydrogens (tertiary/aromatic N) is 6. The summed E-state index contributed by atoms with van der Waals surface area (Å²) in [4.78, 5) is 8.15. The highest BCUT2D eigenvalue weighted by molar-refractivity contribution is 7.93. The Morgan fingerprint density at radius 1 is 0.612 bits per heavy atom. The second-order valence-electron chi connectivity index (χ2n) is 10.3. The van der Waals surface area contributed by atoms with Crippen molar-refractivity contribution < 1.29 is 30.0 Å². The fourth-order valence-corrected chi connectivity index (χ4v) is 6.44. The average molecular weight is 731 g/mol. The first-order chi connectivity index (χ1) is 23.1. The second kappa shape index (κ2) is 14.1. The molecule has 0 saturated carbocycles. The van der Waals surface area contributed by atoms with E-state index in [0.717, 1.165) is 23.3 Å². The fourth-order valence-electron chi connectivity index (χ4n) is 4.23. The van der Waals surface area contributed by atoms with Crippen molar-refractivity contribution in [2.75, 3.05) is 9.44 Å². The lowest BCUT2D eigenvalue weighted by atomic mass is 10.2. The van der Waals surface area contributed by atoms with Gasteiger partial charge < -0.3 is 0 Å². The van der Waals surface area contributed by atoms with Gasteiger partial charge in [-0.15, -0.1) is 0 Å². The third-order valence-corrected chi connectivity index (χ3v) is 9.61. The Bertz CT molecular complexity index is 2290. The third kappa shape index (κ3) is 8.62. The van der Waals surface area contributed by atoms with E-state index in [1.165, 1.54) is 52.1 Å². The minimum Gasteiger partial charge on any atom is -0.263 e. The number of nitrogens with one attached hydrogen (secondary N) is 2. The maximum atomic E-state index is 12.6. The lowest BCUT2D eigenvalue weighted by molar-refractivity contribution is -0.137. The quantitative estimate of drug-likeness (QED) is 0.182. The van der Waals surface area contributed by atoms with Crippen LogP contribution in [0.25, 0.3) is 11.6 Å². The number of sulfonamides is 2. The summed E-state index contributed by atoms with van der Waals surface area (Å²) in [5.74, 6) is 1.35. The van der Waals surface area contributed by atoms with E-state index in [1.807, 2.05) is 26.0 Å². The molecule has 0 aliphatic carbocycles. The van der Waals surface area contributed by atoms with Gasteiger partial charge in [0.2, 0.25) is 0 Å². The van der Waals surface area contributed by atoms with E-state index in [2.05, 4.69) is 29.6 Å². The molecule has 2 N–H and O–H groups in total. The van der Waals surface area contributed by atoms with Crippen LogP contribution in [0.5, 0.6) is 0 Å². The number of halogens is 4. The molecule has 4 heterocycles. The Morgan fingerprint density at radius 2 is 1.02 bits per heavy atom. The normalized spacial score (nSPS) is 11.8. The molecule has 254 valence electrons. The van der Waals surface area contributed by atoms with Gasteiger partial charge in [-0.05, 0) is 97.8 Å². The predicted molar refractivity (Wildman–Crippen MR) is 177 cm³/mol. The summed E-state index contributed by atoms with van der Waals surface area (Å²) < 4.78 is 95.2. The van der Waals surface area contributed by atoms with E-state index in [4.69, 9.17) is 11.6 Å². The minimum absolute atomic E-state index is 0.114. The molecule has 0 radical (unpaired) electrons. The van der Waals surface area contributed by atoms with Crippen molar-refractivity contribution in [2.45, 2.75) is 29.8 Å². The maximum Gasteiger partial charge on any atom is 0.416 e. The van der Waals surface area contributed by atoms with Crippen molar-refractivity contribution in [1.29, 1.82) is 0 Å². The second-order valence-corrected chi connectivity index (χ2v) is 14.1. The lowest BCUT2D eigenvalue weighted by Crippen LogP contribution is -2.16. The number of aromatic nitrogens is 6. The molecule has 0 aliphatic rings. The van der Waals surface area contributed by atoms with Gasteiger partial charge in [-0.25, -0.2) is 26.8 Å². The highest BCUT2D eigenvalue weighted by Gasteiger charge is 2.31. The van der Waals surface area contributed by atoms with E-state index in [-0.39, 0.29) is 15.6 Å². The van der Waals surface area contributed by atoms with Gasteiger partial charge in [0.1, 0.15) is 11.6 Å². The number of rotatable bonds is 8. The molecular weight excluding hydrogens is 705 g/mol. The standard InChI is InChI=1S/C16H13F3N4O2S.C15H13ClN4O2S/c1-11-6-8-20-15(10-11)23-14(7-9-21-23)22-26(24,25)13-4-2-12(3-5-13)16(17,18)19;1-11-6-8-17-15(10-11)20-14(7-9-18-20)19-23(21,22)13-4-2-12(16)3-5-13/h2-10,22H,1H3;2-10,19H,1H3. The SMILES string of the molecule is Cc1ccnc(-n2nccc2NS(=O)(=O)c2ccc(C(F)(F)F)cc2)c1.Cc1ccnc(-n2nccc2NS(=O)(=O)c2ccc(Cl)cc2)c1. The number of alkyl halides is 3. The summed E-state index contributed by atoms with van der Waals surface area (Å²) in [6.07, 6.45) is 1.55. The summed E-state index contributed by atoms with van der Waals surface area (Å²) in [6.45, 7) is 3.77. The molecule has 0 bridgehead atoms. The predicted octanol–water partition coefficient (Wildman–Crippen LogP) is 6.43. The molecule has 0 aliphatic heterocycles. The Kier molecular flexibility index (Phi) is 10.1. The number of pyridine rings is 2. The Labute approximate surface area is 284 Å². The molecule has 18 heteroatoms. The third-order valence-electron chi connectivity index (χ3n) is 6.62. The summed E-state index contributed by atoms with van der Waals surface area (Å²) >= 11 is 5.79. The molecular formula is C31H26ClF3N8O4S2. The molecule has 12 nitrogen and oxygen atoms in total. The Morgan fingerprint density at radius 3 is 1.41 bits per heavy atom. The van der Waals surface area contributed by atoms with Crippen LogP contribution >= 0.6 is 11.6 Å². The number of hydrogen-bond donors (Lipinski definition) is 2. The highest BCUT2D eigenvalue weighted by Crippen LogP contribution is 2.30. The number of aryl methyl sites for hydroxylation is 2. The number of benzene rings is 2. The van der Waals surface area contributed by atoms with Crippen LogP contribution in [0.1, 0.15) is 16.7 Å². The van der Waals surface area contributed by atoms with Crippen LogP contribution < -0.4 is 9.44 Å². The molecule has 0 saturated heterocycles. The maximum absolute atomic E-state index is 12.6. The van der Waals surface area contributed by atoms with Gasteiger partial charge in [0, 0.05) is 29.5 Å². The molecule has 0 atom stereocenters. The van der Waals surface area contributed by atoms with Crippen molar-refractivity contribution in [3.8, 4) is 11.6 Å². The topological polar surface area (TPSA) is 154 Å². The van der Waals surface area contributed by atoms with Gasteiger partial charge in [0.15, 0.2) is 11.6 Å². The van der Waals surface area contributed by atoms with Gasteiger partial charge >= 0.3 is 6.18 Å². The molecule has 0 amide bonds. The highest BCUT2D eigenvalue weighted by atomic mass is 35.5. The van der Waals surface area contributed by atoms with Crippen molar-refractivity contribution in [3.05, 3.63) is 131 Å². The van der Waals surface area contributed by atoms with Crippen LogP contribution in [0, 0.1) is 13.8 Å². The van der Waals surface area contributed by atoms with E-state index in [9.17, 15) is 30.0 Å². The van der Waals surface area contributed by atoms with E-state index in [0.29, 0.717) is 34.6 Å². The lowest BCUT2D eigenvalue weighted by Gasteiger charge is -2.11. The van der Waals surface area contributed by atoms with Gasteiger partial charge in [0.25, 0.3) is 20.0 Å². The van der Waals surface area contributed by atoms with Crippen LogP contribution in [-0.2, 0) is 26.2 Å². The Balaban J connectivity index is 0.000000192. The minimum atomic E-state index is -4.54. The monoisotopic (exact) mass is 730 g/mol. The molecule has 6 rings (SSSR count). The zero-order valence-electron chi connectivity index (χ0n) is 25.5. The van der Waals surface area contributed by atoms with E-state index in [1.54, 1.807) is 30.6 Å². The average Bonchev–Trinajstić information content (AvgIpc) is 3.70. The van der Waals surface area contributed by atoms with E-state index >= 15 is 0 Å². The molecule has 2 aromatic carbocycles. The van der Waals surface area contributed by atoms with Crippen LogP contribution in [0.2, 0.25) is 5.02 Å². The van der Waals surface area contributed by atoms with Crippen molar-refractivity contribution in [2.24, 2.45) is 0 Å². The van der Waals surface area contributed by atoms with Crippen LogP contribution in [0.15, 0.2) is 120 Å². The fraction of sp³-hybridized carbons (Fsp3) is 0.0968. The van der Waals surface area contributed by atoms with Crippen molar-refractivity contribution >= 4 is 43.3 Å². The van der Waals surface area contributed by atoms with Crippen LogP contribution in [0.4, 0.5) is 24.8 Å². The first-order valence-corrected chi connectivity index (χ1v) is 17.4. The number of anilines is 2. The molecule has 49 heavy (non-hydrogen) atoms. The van der Waals surface area contributed by atoms with Crippen LogP contribution in [0.3, 0.4) is 0 Å². The zero-order valence-corrected chi connectivity index (χ0v) is 27.9. The molecule has 6 aromatic rings. The van der Waals surface area contributed by atoms with Gasteiger partial charge in [-0.2, -0.15) is 32.7 Å². The first-order valence-electron chi connectivity index (χ1n) is 14.0. The van der Waals surface area contributed by atoms with Gasteiger partial charge in [-0.3, -0.25) is 9.44 Å². The number of hydrogen-bond acceptors (Lipinski definition) is 8. The van der Waals surface area contributed by atoms with Crippen LogP contribution in [-0.4, -0.2) is 46.4 Å². The summed E-state index contributed by atoms with van der Waals surface area (Å²) in [7, 11) is -7.83. The summed E-state index contributed by atoms with van der Waals surface area (Å²) in [5.41, 5.74) is 0.976. The molecule has 0 spiro atoms.